The fraction of sp³-hybridized carbons (Fsp3) is 0.526. The molecule has 0 amide bonds. The Balaban J connectivity index is 1.84. The topological polar surface area (TPSA) is 36.3 Å². The molecule has 1 aliphatic carbocycles. The lowest BCUT2D eigenvalue weighted by Crippen LogP contribution is -2.15. The molecule has 2 aromatic rings. The minimum Gasteiger partial charge on any atom is -0.497 e. The van der Waals surface area contributed by atoms with Crippen LogP contribution in [0.25, 0.3) is 11.3 Å². The molecule has 0 aliphatic heterocycles. The molecule has 1 aliphatic rings. The van der Waals surface area contributed by atoms with Crippen LogP contribution in [0.4, 0.5) is 0 Å². The second-order valence-electron chi connectivity index (χ2n) is 6.36. The summed E-state index contributed by atoms with van der Waals surface area (Å²) in [6, 6.07) is 8.07. The first-order chi connectivity index (χ1) is 11.3. The normalized spacial score (nSPS) is 15.7. The lowest BCUT2D eigenvalue weighted by molar-refractivity contribution is 0.171. The Morgan fingerprint density at radius 2 is 2.00 bits per heavy atom. The van der Waals surface area contributed by atoms with E-state index in [1.807, 2.05) is 18.2 Å². The molecule has 1 aromatic carbocycles. The number of methoxy groups -OCH3 is 2. The standard InChI is InChI=1S/C19H26N2O2/c1-22-14-19-20-18(16-9-6-10-17(11-16)23-2)13-21(19)12-15-7-4-3-5-8-15/h6,9-11,13,15H,3-5,7-8,12,14H2,1-2H3. The van der Waals surface area contributed by atoms with E-state index >= 15 is 0 Å². The zero-order valence-electron chi connectivity index (χ0n) is 14.1. The minimum atomic E-state index is 0.552. The summed E-state index contributed by atoms with van der Waals surface area (Å²) in [5.41, 5.74) is 2.08. The molecule has 0 saturated heterocycles. The van der Waals surface area contributed by atoms with Crippen molar-refractivity contribution in [3.05, 3.63) is 36.3 Å². The first kappa shape index (κ1) is 16.1. The van der Waals surface area contributed by atoms with Crippen LogP contribution in [0.15, 0.2) is 30.5 Å². The number of aromatic nitrogens is 2. The van der Waals surface area contributed by atoms with Crippen LogP contribution in [0.2, 0.25) is 0 Å². The molecule has 1 heterocycles. The summed E-state index contributed by atoms with van der Waals surface area (Å²) in [4.78, 5) is 4.79. The third-order valence-electron chi connectivity index (χ3n) is 4.68. The van der Waals surface area contributed by atoms with E-state index < -0.39 is 0 Å². The van der Waals surface area contributed by atoms with Gasteiger partial charge in [0.15, 0.2) is 0 Å². The van der Waals surface area contributed by atoms with Crippen LogP contribution in [0.1, 0.15) is 37.9 Å². The molecule has 4 nitrogen and oxygen atoms in total. The Hall–Kier alpha value is -1.81. The van der Waals surface area contributed by atoms with Crippen molar-refractivity contribution in [1.29, 1.82) is 0 Å². The number of nitrogens with zero attached hydrogens (tertiary/aromatic N) is 2. The van der Waals surface area contributed by atoms with Crippen LogP contribution in [-0.4, -0.2) is 23.8 Å². The number of benzene rings is 1. The van der Waals surface area contributed by atoms with Crippen molar-refractivity contribution in [3.63, 3.8) is 0 Å². The van der Waals surface area contributed by atoms with Crippen LogP contribution in [0.5, 0.6) is 5.75 Å². The number of rotatable bonds is 6. The first-order valence-electron chi connectivity index (χ1n) is 8.49. The Bertz CT molecular complexity index is 630. The van der Waals surface area contributed by atoms with E-state index in [4.69, 9.17) is 14.5 Å². The SMILES string of the molecule is COCc1nc(-c2cccc(OC)c2)cn1CC1CCCCC1. The summed E-state index contributed by atoms with van der Waals surface area (Å²) in [5, 5.41) is 0. The Labute approximate surface area is 138 Å². The van der Waals surface area contributed by atoms with Gasteiger partial charge in [-0.05, 0) is 30.9 Å². The highest BCUT2D eigenvalue weighted by Crippen LogP contribution is 2.28. The molecule has 3 rings (SSSR count). The predicted molar refractivity (Wildman–Crippen MR) is 91.5 cm³/mol. The van der Waals surface area contributed by atoms with E-state index in [0.29, 0.717) is 6.61 Å². The molecule has 0 bridgehead atoms. The molecule has 0 atom stereocenters. The zero-order chi connectivity index (χ0) is 16.1. The fourth-order valence-corrected chi connectivity index (χ4v) is 3.43. The highest BCUT2D eigenvalue weighted by Gasteiger charge is 2.17. The maximum atomic E-state index is 5.34. The van der Waals surface area contributed by atoms with Crippen molar-refractivity contribution < 1.29 is 9.47 Å². The minimum absolute atomic E-state index is 0.552. The lowest BCUT2D eigenvalue weighted by atomic mass is 9.89. The lowest BCUT2D eigenvalue weighted by Gasteiger charge is -2.22. The fourth-order valence-electron chi connectivity index (χ4n) is 3.43. The van der Waals surface area contributed by atoms with Gasteiger partial charge >= 0.3 is 0 Å². The molecule has 124 valence electrons. The molecule has 1 aromatic heterocycles. The molecule has 0 radical (unpaired) electrons. The summed E-state index contributed by atoms with van der Waals surface area (Å²) in [6.07, 6.45) is 8.94. The predicted octanol–water partition coefficient (Wildman–Crippen LogP) is 4.29. The third-order valence-corrected chi connectivity index (χ3v) is 4.68. The average molecular weight is 314 g/mol. The van der Waals surface area contributed by atoms with Gasteiger partial charge in [-0.25, -0.2) is 4.98 Å². The third kappa shape index (κ3) is 3.94. The molecule has 0 spiro atoms. The molecule has 0 unspecified atom stereocenters. The molecular formula is C19H26N2O2. The largest absolute Gasteiger partial charge is 0.497 e. The van der Waals surface area contributed by atoms with E-state index in [-0.39, 0.29) is 0 Å². The Morgan fingerprint density at radius 1 is 1.17 bits per heavy atom. The van der Waals surface area contributed by atoms with Gasteiger partial charge in [-0.1, -0.05) is 31.4 Å². The van der Waals surface area contributed by atoms with Gasteiger partial charge in [-0.2, -0.15) is 0 Å². The van der Waals surface area contributed by atoms with Crippen LogP contribution in [0.3, 0.4) is 0 Å². The van der Waals surface area contributed by atoms with Crippen molar-refractivity contribution >= 4 is 0 Å². The summed E-state index contributed by atoms with van der Waals surface area (Å²) < 4.78 is 13.0. The van der Waals surface area contributed by atoms with Gasteiger partial charge in [0, 0.05) is 25.4 Å². The maximum Gasteiger partial charge on any atom is 0.135 e. The van der Waals surface area contributed by atoms with Crippen molar-refractivity contribution in [2.45, 2.75) is 45.3 Å². The zero-order valence-corrected chi connectivity index (χ0v) is 14.1. The van der Waals surface area contributed by atoms with Crippen molar-refractivity contribution in [3.8, 4) is 17.0 Å². The van der Waals surface area contributed by atoms with Crippen molar-refractivity contribution in [2.75, 3.05) is 14.2 Å². The maximum absolute atomic E-state index is 5.34. The Morgan fingerprint density at radius 3 is 2.74 bits per heavy atom. The van der Waals surface area contributed by atoms with Crippen molar-refractivity contribution in [2.24, 2.45) is 5.92 Å². The van der Waals surface area contributed by atoms with Gasteiger partial charge in [-0.3, -0.25) is 0 Å². The van der Waals surface area contributed by atoms with Crippen LogP contribution < -0.4 is 4.74 Å². The highest BCUT2D eigenvalue weighted by atomic mass is 16.5. The number of hydrogen-bond acceptors (Lipinski definition) is 3. The van der Waals surface area contributed by atoms with E-state index in [0.717, 1.165) is 35.3 Å². The van der Waals surface area contributed by atoms with E-state index in [2.05, 4.69) is 16.8 Å². The van der Waals surface area contributed by atoms with Gasteiger partial charge in [0.05, 0.1) is 12.8 Å². The van der Waals surface area contributed by atoms with Crippen LogP contribution in [0, 0.1) is 5.92 Å². The highest BCUT2D eigenvalue weighted by molar-refractivity contribution is 5.60. The average Bonchev–Trinajstić information content (AvgIpc) is 2.99. The quantitative estimate of drug-likeness (QED) is 0.798. The van der Waals surface area contributed by atoms with E-state index in [1.165, 1.54) is 32.1 Å². The van der Waals surface area contributed by atoms with E-state index in [1.54, 1.807) is 14.2 Å². The van der Waals surface area contributed by atoms with E-state index in [9.17, 15) is 0 Å². The number of imidazole rings is 1. The number of ether oxygens (including phenoxy) is 2. The van der Waals surface area contributed by atoms with Gasteiger partial charge in [0.25, 0.3) is 0 Å². The second-order valence-corrected chi connectivity index (χ2v) is 6.36. The summed E-state index contributed by atoms with van der Waals surface area (Å²) in [6.45, 7) is 1.60. The Kier molecular flexibility index (Phi) is 5.34. The van der Waals surface area contributed by atoms with Gasteiger partial charge in [0.1, 0.15) is 18.2 Å². The summed E-state index contributed by atoms with van der Waals surface area (Å²) >= 11 is 0. The second kappa shape index (κ2) is 7.64. The molecule has 1 saturated carbocycles. The van der Waals surface area contributed by atoms with Gasteiger partial charge in [0.2, 0.25) is 0 Å². The van der Waals surface area contributed by atoms with Gasteiger partial charge in [-0.15, -0.1) is 0 Å². The first-order valence-corrected chi connectivity index (χ1v) is 8.49. The van der Waals surface area contributed by atoms with Crippen LogP contribution >= 0.6 is 0 Å². The molecule has 1 fully saturated rings. The van der Waals surface area contributed by atoms with Gasteiger partial charge < -0.3 is 14.0 Å². The smallest absolute Gasteiger partial charge is 0.135 e. The monoisotopic (exact) mass is 314 g/mol. The molecule has 0 N–H and O–H groups in total. The molecule has 23 heavy (non-hydrogen) atoms. The molecule has 4 heteroatoms. The summed E-state index contributed by atoms with van der Waals surface area (Å²) in [7, 11) is 3.42. The van der Waals surface area contributed by atoms with Crippen LogP contribution in [-0.2, 0) is 17.9 Å². The van der Waals surface area contributed by atoms with Crippen molar-refractivity contribution in [1.82, 2.24) is 9.55 Å². The molecular weight excluding hydrogens is 288 g/mol. The number of hydrogen-bond donors (Lipinski definition) is 0. The summed E-state index contributed by atoms with van der Waals surface area (Å²) in [5.74, 6) is 2.64.